The number of nitrogens with zero attached hydrogens (tertiary/aromatic N) is 3. The van der Waals surface area contributed by atoms with Gasteiger partial charge in [-0.1, -0.05) is 24.3 Å². The van der Waals surface area contributed by atoms with E-state index in [1.165, 1.54) is 16.0 Å². The lowest BCUT2D eigenvalue weighted by atomic mass is 10.1. The number of benzene rings is 2. The molecule has 0 N–H and O–H groups in total. The Morgan fingerprint density at radius 3 is 2.52 bits per heavy atom. The highest BCUT2D eigenvalue weighted by Crippen LogP contribution is 2.19. The molecule has 0 amide bonds. The van der Waals surface area contributed by atoms with Crippen molar-refractivity contribution >= 4 is 35.0 Å². The number of thioether (sulfide) groups is 1. The maximum Gasteiger partial charge on any atom is 0.211 e. The van der Waals surface area contributed by atoms with E-state index in [0.29, 0.717) is 0 Å². The number of thiazole rings is 1. The van der Waals surface area contributed by atoms with Crippen LogP contribution in [0.5, 0.6) is 0 Å². The van der Waals surface area contributed by atoms with Crippen LogP contribution in [0.25, 0.3) is 0 Å². The maximum absolute atomic E-state index is 4.83. The van der Waals surface area contributed by atoms with Crippen LogP contribution in [0.3, 0.4) is 0 Å². The number of aryl methyl sites for hydroxylation is 3. The number of hydrogen-bond donors (Lipinski definition) is 0. The summed E-state index contributed by atoms with van der Waals surface area (Å²) >= 11 is 3.34. The Hall–Kier alpha value is -2.11. The molecule has 3 aromatic rings. The smallest absolute Gasteiger partial charge is 0.211 e. The van der Waals surface area contributed by atoms with E-state index in [1.54, 1.807) is 23.1 Å². The molecule has 0 unspecified atom stereocenters. The van der Waals surface area contributed by atoms with Gasteiger partial charge in [-0.15, -0.1) is 23.1 Å². The molecule has 128 valence electrons. The molecule has 2 aromatic carbocycles. The van der Waals surface area contributed by atoms with Crippen LogP contribution in [0.4, 0.5) is 5.69 Å². The van der Waals surface area contributed by atoms with E-state index >= 15 is 0 Å². The Morgan fingerprint density at radius 2 is 1.80 bits per heavy atom. The Balaban J connectivity index is 1.97. The van der Waals surface area contributed by atoms with Crippen LogP contribution in [0, 0.1) is 20.8 Å². The first-order valence-electron chi connectivity index (χ1n) is 8.04. The molecule has 0 atom stereocenters. The highest BCUT2D eigenvalue weighted by molar-refractivity contribution is 7.98. The fraction of sp³-hybridized carbons (Fsp3) is 0.200. The van der Waals surface area contributed by atoms with Gasteiger partial charge in [0.1, 0.15) is 0 Å². The lowest BCUT2D eigenvalue weighted by molar-refractivity contribution is 0.809. The molecule has 0 aliphatic rings. The molecule has 1 aromatic heterocycles. The summed E-state index contributed by atoms with van der Waals surface area (Å²) in [5, 5.41) is 6.72. The number of aromatic nitrogens is 1. The second kappa shape index (κ2) is 7.85. The zero-order valence-corrected chi connectivity index (χ0v) is 16.5. The van der Waals surface area contributed by atoms with Crippen molar-refractivity contribution in [2.75, 3.05) is 6.26 Å². The van der Waals surface area contributed by atoms with Crippen molar-refractivity contribution in [3.8, 4) is 0 Å². The molecule has 0 aliphatic carbocycles. The van der Waals surface area contributed by atoms with Gasteiger partial charge in [-0.05, 0) is 61.9 Å². The van der Waals surface area contributed by atoms with Crippen molar-refractivity contribution < 1.29 is 0 Å². The third-order valence-corrected chi connectivity index (χ3v) is 5.55. The minimum Gasteiger partial charge on any atom is -0.219 e. The fourth-order valence-electron chi connectivity index (χ4n) is 2.36. The van der Waals surface area contributed by atoms with E-state index in [0.717, 1.165) is 21.7 Å². The molecule has 3 rings (SSSR count). The van der Waals surface area contributed by atoms with Gasteiger partial charge >= 0.3 is 0 Å². The van der Waals surface area contributed by atoms with Crippen molar-refractivity contribution in [3.63, 3.8) is 0 Å². The molecular weight excluding hydrogens is 346 g/mol. The molecule has 5 heteroatoms. The van der Waals surface area contributed by atoms with Crippen LogP contribution in [-0.2, 0) is 0 Å². The van der Waals surface area contributed by atoms with E-state index < -0.39 is 0 Å². The Kier molecular flexibility index (Phi) is 5.56. The fourth-order valence-corrected chi connectivity index (χ4v) is 3.59. The monoisotopic (exact) mass is 367 g/mol. The van der Waals surface area contributed by atoms with E-state index in [1.807, 2.05) is 17.8 Å². The van der Waals surface area contributed by atoms with Gasteiger partial charge in [-0.3, -0.25) is 0 Å². The van der Waals surface area contributed by atoms with Gasteiger partial charge in [0.2, 0.25) is 4.80 Å². The molecule has 0 fully saturated rings. The zero-order chi connectivity index (χ0) is 17.8. The summed E-state index contributed by atoms with van der Waals surface area (Å²) in [4.78, 5) is 6.96. The summed E-state index contributed by atoms with van der Waals surface area (Å²) in [5.41, 5.74) is 5.52. The third kappa shape index (κ3) is 4.30. The Labute approximate surface area is 156 Å². The van der Waals surface area contributed by atoms with Crippen LogP contribution in [0.15, 0.2) is 62.8 Å². The average Bonchev–Trinajstić information content (AvgIpc) is 2.96. The minimum atomic E-state index is 0.878. The summed E-state index contributed by atoms with van der Waals surface area (Å²) in [7, 11) is 0. The summed E-state index contributed by atoms with van der Waals surface area (Å²) in [6.07, 6.45) is 3.96. The van der Waals surface area contributed by atoms with Gasteiger partial charge in [0, 0.05) is 10.3 Å². The molecule has 0 spiro atoms. The second-order valence-corrected chi connectivity index (χ2v) is 7.61. The van der Waals surface area contributed by atoms with Crippen LogP contribution in [0.2, 0.25) is 0 Å². The first-order valence-corrected chi connectivity index (χ1v) is 10.1. The largest absolute Gasteiger partial charge is 0.219 e. The molecule has 0 radical (unpaired) electrons. The summed E-state index contributed by atoms with van der Waals surface area (Å²) in [6.45, 7) is 6.22. The normalized spacial score (nSPS) is 12.2. The van der Waals surface area contributed by atoms with Crippen molar-refractivity contribution in [2.45, 2.75) is 25.7 Å². The molecular formula is C20H21N3S2. The highest BCUT2D eigenvalue weighted by atomic mass is 32.2. The standard InChI is InChI=1S/C20H21N3S2/c1-14-5-6-15(2)19(11-14)22-20-23(16(3)13-25-20)21-12-17-7-9-18(24-4)10-8-17/h5-13H,1-4H3. The zero-order valence-electron chi connectivity index (χ0n) is 14.9. The summed E-state index contributed by atoms with van der Waals surface area (Å²) in [5.74, 6) is 0. The summed E-state index contributed by atoms with van der Waals surface area (Å²) < 4.78 is 1.90. The minimum absolute atomic E-state index is 0.878. The van der Waals surface area contributed by atoms with E-state index in [-0.39, 0.29) is 0 Å². The quantitative estimate of drug-likeness (QED) is 0.454. The first kappa shape index (κ1) is 17.7. The highest BCUT2D eigenvalue weighted by Gasteiger charge is 2.02. The van der Waals surface area contributed by atoms with Crippen LogP contribution < -0.4 is 4.80 Å². The van der Waals surface area contributed by atoms with Gasteiger partial charge in [-0.25, -0.2) is 9.67 Å². The van der Waals surface area contributed by atoms with Crippen molar-refractivity contribution in [2.24, 2.45) is 10.1 Å². The Morgan fingerprint density at radius 1 is 1.04 bits per heavy atom. The van der Waals surface area contributed by atoms with Crippen molar-refractivity contribution in [1.82, 2.24) is 4.68 Å². The van der Waals surface area contributed by atoms with Crippen LogP contribution >= 0.6 is 23.1 Å². The topological polar surface area (TPSA) is 29.6 Å². The Bertz CT molecular complexity index is 963. The van der Waals surface area contributed by atoms with Crippen LogP contribution in [0.1, 0.15) is 22.4 Å². The van der Waals surface area contributed by atoms with E-state index in [2.05, 4.69) is 73.0 Å². The molecule has 1 heterocycles. The average molecular weight is 368 g/mol. The lowest BCUT2D eigenvalue weighted by Gasteiger charge is -2.02. The SMILES string of the molecule is CSc1ccc(C=Nn2c(C)csc2=Nc2cc(C)ccc2C)cc1. The van der Waals surface area contributed by atoms with Gasteiger partial charge in [0.15, 0.2) is 0 Å². The second-order valence-electron chi connectivity index (χ2n) is 5.89. The van der Waals surface area contributed by atoms with E-state index in [9.17, 15) is 0 Å². The number of hydrogen-bond acceptors (Lipinski definition) is 4. The summed E-state index contributed by atoms with van der Waals surface area (Å²) in [6, 6.07) is 14.7. The molecule has 0 saturated heterocycles. The van der Waals surface area contributed by atoms with Gasteiger partial charge in [0.25, 0.3) is 0 Å². The first-order chi connectivity index (χ1) is 12.1. The van der Waals surface area contributed by atoms with Crippen LogP contribution in [-0.4, -0.2) is 17.1 Å². The van der Waals surface area contributed by atoms with Gasteiger partial charge < -0.3 is 0 Å². The number of rotatable bonds is 4. The van der Waals surface area contributed by atoms with Crippen molar-refractivity contribution in [3.05, 3.63) is 75.0 Å². The third-order valence-electron chi connectivity index (χ3n) is 3.87. The molecule has 0 saturated carbocycles. The van der Waals surface area contributed by atoms with Gasteiger partial charge in [-0.2, -0.15) is 5.10 Å². The van der Waals surface area contributed by atoms with Gasteiger partial charge in [0.05, 0.1) is 17.6 Å². The van der Waals surface area contributed by atoms with Crippen molar-refractivity contribution in [1.29, 1.82) is 0 Å². The maximum atomic E-state index is 4.83. The predicted octanol–water partition coefficient (Wildman–Crippen LogP) is 5.31. The van der Waals surface area contributed by atoms with E-state index in [4.69, 9.17) is 4.99 Å². The molecule has 25 heavy (non-hydrogen) atoms. The predicted molar refractivity (Wildman–Crippen MR) is 109 cm³/mol. The molecule has 0 bridgehead atoms. The molecule has 3 nitrogen and oxygen atoms in total. The lowest BCUT2D eigenvalue weighted by Crippen LogP contribution is -2.11. The molecule has 0 aliphatic heterocycles.